The van der Waals surface area contributed by atoms with Crippen LogP contribution in [0.2, 0.25) is 5.02 Å². The molecule has 3 N–H and O–H groups in total. The number of halogens is 1. The number of anilines is 2. The van der Waals surface area contributed by atoms with E-state index in [1.165, 1.54) is 12.1 Å². The number of amides is 1. The molecule has 0 fully saturated rings. The first-order chi connectivity index (χ1) is 9.49. The number of hydrogen-bond donors (Lipinski definition) is 2. The highest BCUT2D eigenvalue weighted by Crippen LogP contribution is 2.24. The van der Waals surface area contributed by atoms with Gasteiger partial charge in [0.05, 0.1) is 21.2 Å². The Bertz CT molecular complexity index is 688. The van der Waals surface area contributed by atoms with Gasteiger partial charge in [-0.1, -0.05) is 23.7 Å². The lowest BCUT2D eigenvalue weighted by Gasteiger charge is -2.08. The van der Waals surface area contributed by atoms with Gasteiger partial charge in [0, 0.05) is 17.8 Å². The van der Waals surface area contributed by atoms with Gasteiger partial charge >= 0.3 is 0 Å². The van der Waals surface area contributed by atoms with Gasteiger partial charge in [0.1, 0.15) is 0 Å². The van der Waals surface area contributed by atoms with Crippen LogP contribution >= 0.6 is 11.6 Å². The van der Waals surface area contributed by atoms with Gasteiger partial charge in [-0.05, 0) is 18.2 Å². The van der Waals surface area contributed by atoms with Gasteiger partial charge in [0.25, 0.3) is 11.6 Å². The van der Waals surface area contributed by atoms with Crippen molar-refractivity contribution in [1.82, 2.24) is 0 Å². The molecule has 2 aromatic carbocycles. The van der Waals surface area contributed by atoms with Crippen molar-refractivity contribution in [2.45, 2.75) is 0 Å². The van der Waals surface area contributed by atoms with Gasteiger partial charge in [-0.3, -0.25) is 14.9 Å². The minimum atomic E-state index is -0.592. The first kappa shape index (κ1) is 13.8. The molecule has 1 amide bonds. The molecule has 0 saturated heterocycles. The number of nitrogens with two attached hydrogens (primary N) is 1. The van der Waals surface area contributed by atoms with Gasteiger partial charge in [-0.2, -0.15) is 0 Å². The van der Waals surface area contributed by atoms with Crippen molar-refractivity contribution in [2.75, 3.05) is 11.1 Å². The lowest BCUT2D eigenvalue weighted by molar-refractivity contribution is -0.384. The average Bonchev–Trinajstić information content (AvgIpc) is 2.41. The van der Waals surface area contributed by atoms with E-state index in [0.29, 0.717) is 10.7 Å². The van der Waals surface area contributed by atoms with Crippen LogP contribution in [0.4, 0.5) is 17.1 Å². The number of benzene rings is 2. The second-order valence-corrected chi connectivity index (χ2v) is 4.37. The molecule has 2 rings (SSSR count). The molecule has 20 heavy (non-hydrogen) atoms. The van der Waals surface area contributed by atoms with Gasteiger partial charge in [-0.25, -0.2) is 0 Å². The second kappa shape index (κ2) is 5.58. The zero-order valence-corrected chi connectivity index (χ0v) is 10.9. The number of non-ortho nitro benzene ring substituents is 1. The number of nitrogens with one attached hydrogen (secondary N) is 1. The molecule has 102 valence electrons. The van der Waals surface area contributed by atoms with Crippen LogP contribution < -0.4 is 11.1 Å². The Morgan fingerprint density at radius 2 is 1.95 bits per heavy atom. The number of hydrogen-bond acceptors (Lipinski definition) is 4. The summed E-state index contributed by atoms with van der Waals surface area (Å²) in [5, 5.41) is 13.6. The zero-order valence-electron chi connectivity index (χ0n) is 10.2. The quantitative estimate of drug-likeness (QED) is 0.516. The molecule has 6 nitrogen and oxygen atoms in total. The summed E-state index contributed by atoms with van der Waals surface area (Å²) in [5.74, 6) is -0.556. The Hall–Kier alpha value is -2.60. The van der Waals surface area contributed by atoms with E-state index in [-0.39, 0.29) is 16.9 Å². The minimum Gasteiger partial charge on any atom is -0.398 e. The van der Waals surface area contributed by atoms with E-state index in [1.807, 2.05) is 0 Å². The van der Waals surface area contributed by atoms with Gasteiger partial charge in [-0.15, -0.1) is 0 Å². The van der Waals surface area contributed by atoms with Crippen LogP contribution in [0.15, 0.2) is 42.5 Å². The lowest BCUT2D eigenvalue weighted by atomic mass is 10.1. The highest BCUT2D eigenvalue weighted by Gasteiger charge is 2.16. The number of rotatable bonds is 3. The molecule has 0 unspecified atom stereocenters. The number of nitrogens with zero attached hydrogens (tertiary/aromatic N) is 1. The van der Waals surface area contributed by atoms with Crippen LogP contribution in [0.1, 0.15) is 10.4 Å². The van der Waals surface area contributed by atoms with Crippen molar-refractivity contribution >= 4 is 34.6 Å². The number of carbonyl (C=O) groups excluding carboxylic acids is 1. The average molecular weight is 292 g/mol. The second-order valence-electron chi connectivity index (χ2n) is 3.96. The lowest BCUT2D eigenvalue weighted by Crippen LogP contribution is -2.14. The van der Waals surface area contributed by atoms with E-state index < -0.39 is 10.8 Å². The smallest absolute Gasteiger partial charge is 0.270 e. The molecule has 0 bridgehead atoms. The number of nitro groups is 1. The summed E-state index contributed by atoms with van der Waals surface area (Å²) in [6.45, 7) is 0. The summed E-state index contributed by atoms with van der Waals surface area (Å²) in [6.07, 6.45) is 0. The first-order valence-electron chi connectivity index (χ1n) is 5.59. The summed E-state index contributed by atoms with van der Waals surface area (Å²) < 4.78 is 0. The van der Waals surface area contributed by atoms with E-state index >= 15 is 0 Å². The number of para-hydroxylation sites is 1. The first-order valence-corrected chi connectivity index (χ1v) is 5.96. The van der Waals surface area contributed by atoms with Crippen molar-refractivity contribution in [2.24, 2.45) is 0 Å². The predicted molar refractivity (Wildman–Crippen MR) is 76.9 cm³/mol. The number of nitro benzene ring substituents is 1. The Morgan fingerprint density at radius 1 is 1.25 bits per heavy atom. The van der Waals surface area contributed by atoms with Crippen LogP contribution in [0.3, 0.4) is 0 Å². The molecule has 0 aliphatic rings. The SMILES string of the molecule is Nc1ccc([N+](=O)[O-])cc1C(=O)Nc1ccccc1Cl. The maximum atomic E-state index is 12.1. The maximum absolute atomic E-state index is 12.1. The number of nitrogen functional groups attached to an aromatic ring is 1. The molecular weight excluding hydrogens is 282 g/mol. The van der Waals surface area contributed by atoms with Gasteiger partial charge in [0.15, 0.2) is 0 Å². The highest BCUT2D eigenvalue weighted by molar-refractivity contribution is 6.34. The molecular formula is C13H10ClN3O3. The minimum absolute atomic E-state index is 0.0270. The molecule has 0 saturated carbocycles. The molecule has 0 aliphatic heterocycles. The van der Waals surface area contributed by atoms with Crippen molar-refractivity contribution in [3.63, 3.8) is 0 Å². The fourth-order valence-corrected chi connectivity index (χ4v) is 1.79. The fraction of sp³-hybridized carbons (Fsp3) is 0. The zero-order chi connectivity index (χ0) is 14.7. The third-order valence-electron chi connectivity index (χ3n) is 2.61. The van der Waals surface area contributed by atoms with E-state index in [0.717, 1.165) is 6.07 Å². The van der Waals surface area contributed by atoms with Crippen molar-refractivity contribution in [1.29, 1.82) is 0 Å². The Kier molecular flexibility index (Phi) is 3.86. The van der Waals surface area contributed by atoms with Crippen molar-refractivity contribution in [3.8, 4) is 0 Å². The molecule has 0 aliphatic carbocycles. The normalized spacial score (nSPS) is 10.1. The molecule has 7 heteroatoms. The summed E-state index contributed by atoms with van der Waals surface area (Å²) in [5.41, 5.74) is 6.05. The summed E-state index contributed by atoms with van der Waals surface area (Å²) in [7, 11) is 0. The number of carbonyl (C=O) groups is 1. The largest absolute Gasteiger partial charge is 0.398 e. The molecule has 0 spiro atoms. The van der Waals surface area contributed by atoms with E-state index in [9.17, 15) is 14.9 Å². The van der Waals surface area contributed by atoms with E-state index in [2.05, 4.69) is 5.32 Å². The maximum Gasteiger partial charge on any atom is 0.270 e. The van der Waals surface area contributed by atoms with E-state index in [1.54, 1.807) is 24.3 Å². The highest BCUT2D eigenvalue weighted by atomic mass is 35.5. The Labute approximate surface area is 119 Å². The standard InChI is InChI=1S/C13H10ClN3O3/c14-10-3-1-2-4-12(10)16-13(18)9-7-8(17(19)20)5-6-11(9)15/h1-7H,15H2,(H,16,18). The van der Waals surface area contributed by atoms with Crippen LogP contribution in [-0.2, 0) is 0 Å². The van der Waals surface area contributed by atoms with Gasteiger partial charge < -0.3 is 11.1 Å². The third kappa shape index (κ3) is 2.86. The van der Waals surface area contributed by atoms with Crippen LogP contribution in [0.5, 0.6) is 0 Å². The summed E-state index contributed by atoms with van der Waals surface area (Å²) in [6, 6.07) is 10.3. The van der Waals surface area contributed by atoms with Crippen molar-refractivity contribution < 1.29 is 9.72 Å². The topological polar surface area (TPSA) is 98.3 Å². The van der Waals surface area contributed by atoms with Crippen LogP contribution in [0.25, 0.3) is 0 Å². The monoisotopic (exact) mass is 291 g/mol. The Morgan fingerprint density at radius 3 is 2.60 bits per heavy atom. The summed E-state index contributed by atoms with van der Waals surface area (Å²) >= 11 is 5.92. The summed E-state index contributed by atoms with van der Waals surface area (Å²) in [4.78, 5) is 22.2. The third-order valence-corrected chi connectivity index (χ3v) is 2.94. The molecule has 0 radical (unpaired) electrons. The van der Waals surface area contributed by atoms with Crippen LogP contribution in [-0.4, -0.2) is 10.8 Å². The van der Waals surface area contributed by atoms with Crippen molar-refractivity contribution in [3.05, 3.63) is 63.2 Å². The molecule has 0 atom stereocenters. The van der Waals surface area contributed by atoms with Crippen LogP contribution in [0, 0.1) is 10.1 Å². The molecule has 0 heterocycles. The predicted octanol–water partition coefficient (Wildman–Crippen LogP) is 3.08. The Balaban J connectivity index is 2.32. The fourth-order valence-electron chi connectivity index (χ4n) is 1.61. The van der Waals surface area contributed by atoms with Gasteiger partial charge in [0.2, 0.25) is 0 Å². The molecule has 2 aromatic rings. The molecule has 0 aromatic heterocycles. The van der Waals surface area contributed by atoms with E-state index in [4.69, 9.17) is 17.3 Å².